The molecule has 2 N–H and O–H groups in total. The predicted octanol–water partition coefficient (Wildman–Crippen LogP) is 3.92. The van der Waals surface area contributed by atoms with Crippen LogP contribution in [0.2, 0.25) is 5.02 Å². The maximum Gasteiger partial charge on any atom is 0.416 e. The lowest BCUT2D eigenvalue weighted by Gasteiger charge is -2.28. The molecule has 0 unspecified atom stereocenters. The average Bonchev–Trinajstić information content (AvgIpc) is 2.78. The van der Waals surface area contributed by atoms with Crippen molar-refractivity contribution in [2.24, 2.45) is 16.0 Å². The van der Waals surface area contributed by atoms with Gasteiger partial charge < -0.3 is 5.73 Å². The van der Waals surface area contributed by atoms with Gasteiger partial charge in [0.15, 0.2) is 0 Å². The van der Waals surface area contributed by atoms with E-state index in [1.165, 1.54) is 22.5 Å². The first-order valence-electron chi connectivity index (χ1n) is 9.94. The van der Waals surface area contributed by atoms with E-state index in [-0.39, 0.29) is 41.2 Å². The van der Waals surface area contributed by atoms with Gasteiger partial charge in [-0.2, -0.15) is 17.5 Å². The second kappa shape index (κ2) is 10.3. The van der Waals surface area contributed by atoms with Crippen LogP contribution in [0.3, 0.4) is 0 Å². The molecule has 1 atom stereocenters. The molecule has 0 bridgehead atoms. The van der Waals surface area contributed by atoms with Gasteiger partial charge in [-0.05, 0) is 43.2 Å². The Morgan fingerprint density at radius 1 is 1.26 bits per heavy atom. The normalized spacial score (nSPS) is 17.2. The van der Waals surface area contributed by atoms with E-state index in [0.29, 0.717) is 25.0 Å². The molecule has 1 heterocycles. The topological polar surface area (TPSA) is 119 Å². The fourth-order valence-corrected chi connectivity index (χ4v) is 5.49. The minimum atomic E-state index is -4.76. The van der Waals surface area contributed by atoms with E-state index in [1.54, 1.807) is 0 Å². The summed E-state index contributed by atoms with van der Waals surface area (Å²) in [6.45, 7) is 0.0884. The zero-order chi connectivity index (χ0) is 25.1. The van der Waals surface area contributed by atoms with Gasteiger partial charge in [-0.15, -0.1) is 0 Å². The number of halogens is 5. The highest BCUT2D eigenvalue weighted by molar-refractivity contribution is 7.89. The van der Waals surface area contributed by atoms with E-state index < -0.39 is 45.1 Å². The molecular weight excluding hydrogens is 502 g/mol. The number of alkyl halides is 3. The molecule has 0 aromatic heterocycles. The van der Waals surface area contributed by atoms with Crippen LogP contribution in [0, 0.1) is 5.82 Å². The van der Waals surface area contributed by atoms with Crippen LogP contribution in [0.25, 0.3) is 0 Å². The number of nitrogens with zero attached hydrogens (tertiary/aromatic N) is 4. The lowest BCUT2D eigenvalue weighted by molar-refractivity contribution is -0.137. The molecule has 0 radical (unpaired) electrons. The first-order valence-corrected chi connectivity index (χ1v) is 11.8. The fraction of sp³-hybridized carbons (Fsp3) is 0.350. The minimum absolute atomic E-state index is 0.0160. The summed E-state index contributed by atoms with van der Waals surface area (Å²) in [5, 5.41) is 7.28. The smallest absolute Gasteiger partial charge is 0.326 e. The average molecular weight is 521 g/mol. The van der Waals surface area contributed by atoms with Crippen LogP contribution in [0.1, 0.15) is 34.3 Å². The number of carbonyl (C=O) groups is 1. The number of hydrogen-bond donors (Lipinski definition) is 1. The first-order chi connectivity index (χ1) is 15.9. The Morgan fingerprint density at radius 3 is 2.65 bits per heavy atom. The summed E-state index contributed by atoms with van der Waals surface area (Å²) < 4.78 is 79.2. The molecular formula is C20H19ClF4N5O3S+. The highest BCUT2D eigenvalue weighted by atomic mass is 35.5. The number of piperidine rings is 1. The summed E-state index contributed by atoms with van der Waals surface area (Å²) in [6, 6.07) is 5.20. The summed E-state index contributed by atoms with van der Waals surface area (Å²) in [5.41, 5.74) is 4.00. The lowest BCUT2D eigenvalue weighted by Crippen LogP contribution is -2.42. The summed E-state index contributed by atoms with van der Waals surface area (Å²) in [6.07, 6.45) is -3.86. The lowest BCUT2D eigenvalue weighted by atomic mass is 10.1. The van der Waals surface area contributed by atoms with Gasteiger partial charge in [-0.1, -0.05) is 17.7 Å². The molecule has 1 aliphatic rings. The molecule has 1 aliphatic heterocycles. The van der Waals surface area contributed by atoms with Gasteiger partial charge in [-0.25, -0.2) is 12.8 Å². The van der Waals surface area contributed by atoms with Crippen LogP contribution in [0.4, 0.5) is 17.6 Å². The second-order valence-corrected chi connectivity index (χ2v) is 9.70. The summed E-state index contributed by atoms with van der Waals surface area (Å²) in [7, 11) is -3.94. The summed E-state index contributed by atoms with van der Waals surface area (Å²) in [4.78, 5) is 15.4. The Balaban J connectivity index is 1.76. The number of amides is 1. The van der Waals surface area contributed by atoms with Gasteiger partial charge >= 0.3 is 12.1 Å². The minimum Gasteiger partial charge on any atom is -0.326 e. The number of sulfonamides is 1. The summed E-state index contributed by atoms with van der Waals surface area (Å²) >= 11 is 6.07. The van der Waals surface area contributed by atoms with Crippen molar-refractivity contribution in [3.05, 3.63) is 63.9 Å². The Morgan fingerprint density at radius 2 is 2.00 bits per heavy atom. The highest BCUT2D eigenvalue weighted by Gasteiger charge is 2.34. The summed E-state index contributed by atoms with van der Waals surface area (Å²) in [5.74, 6) is -2.62. The third-order valence-corrected chi connectivity index (χ3v) is 7.44. The van der Waals surface area contributed by atoms with Crippen molar-refractivity contribution in [2.45, 2.75) is 36.5 Å². The largest absolute Gasteiger partial charge is 0.416 e. The van der Waals surface area contributed by atoms with Crippen molar-refractivity contribution in [1.82, 2.24) is 9.22 Å². The zero-order valence-electron chi connectivity index (χ0n) is 17.5. The van der Waals surface area contributed by atoms with Crippen molar-refractivity contribution in [2.75, 3.05) is 13.1 Å². The number of nitrogens with two attached hydrogens (primary N) is 1. The SMILES string of the molecule is NCc1c(Cl)cccc1S(=O)(=O)N1CCC[C@H](N=[N+]=NC(=O)c2ccc(C(F)(F)F)cc2F)C1. The van der Waals surface area contributed by atoms with E-state index in [1.807, 2.05) is 0 Å². The van der Waals surface area contributed by atoms with Crippen molar-refractivity contribution in [3.63, 3.8) is 0 Å². The van der Waals surface area contributed by atoms with Crippen molar-refractivity contribution in [1.29, 1.82) is 0 Å². The maximum absolute atomic E-state index is 13.9. The number of carbonyl (C=O) groups excluding carboxylic acids is 1. The van der Waals surface area contributed by atoms with Gasteiger partial charge in [0.25, 0.3) is 0 Å². The zero-order valence-corrected chi connectivity index (χ0v) is 19.0. The number of hydrogen-bond acceptors (Lipinski definition) is 5. The van der Waals surface area contributed by atoms with Crippen LogP contribution < -0.4 is 10.6 Å². The first kappa shape index (κ1) is 25.9. The monoisotopic (exact) mass is 520 g/mol. The molecule has 1 saturated heterocycles. The van der Waals surface area contributed by atoms with Crippen molar-refractivity contribution < 1.29 is 30.8 Å². The molecule has 0 saturated carbocycles. The Kier molecular flexibility index (Phi) is 7.84. The van der Waals surface area contributed by atoms with Crippen LogP contribution in [0.15, 0.2) is 51.5 Å². The molecule has 2 aromatic rings. The number of benzene rings is 2. The van der Waals surface area contributed by atoms with Gasteiger partial charge in [0.05, 0.1) is 16.0 Å². The molecule has 2 aromatic carbocycles. The second-order valence-electron chi connectivity index (χ2n) is 7.38. The van der Waals surface area contributed by atoms with E-state index in [4.69, 9.17) is 17.3 Å². The number of rotatable bonds is 5. The van der Waals surface area contributed by atoms with E-state index >= 15 is 0 Å². The van der Waals surface area contributed by atoms with Crippen molar-refractivity contribution in [3.8, 4) is 0 Å². The van der Waals surface area contributed by atoms with E-state index in [0.717, 1.165) is 0 Å². The quantitative estimate of drug-likeness (QED) is 0.365. The Labute approximate surface area is 197 Å². The molecule has 34 heavy (non-hydrogen) atoms. The molecule has 1 amide bonds. The fourth-order valence-electron chi connectivity index (χ4n) is 3.41. The van der Waals surface area contributed by atoms with Crippen LogP contribution in [-0.2, 0) is 22.7 Å². The predicted molar refractivity (Wildman–Crippen MR) is 114 cm³/mol. The van der Waals surface area contributed by atoms with Gasteiger partial charge in [0, 0.05) is 30.2 Å². The molecule has 8 nitrogen and oxygen atoms in total. The van der Waals surface area contributed by atoms with Gasteiger partial charge in [0.1, 0.15) is 17.0 Å². The maximum atomic E-state index is 13.9. The molecule has 182 valence electrons. The van der Waals surface area contributed by atoms with Gasteiger partial charge in [-0.3, -0.25) is 4.79 Å². The molecule has 0 spiro atoms. The Hall–Kier alpha value is -2.70. The molecule has 0 aliphatic carbocycles. The molecule has 14 heteroatoms. The van der Waals surface area contributed by atoms with Crippen molar-refractivity contribution >= 4 is 27.5 Å². The van der Waals surface area contributed by atoms with Crippen LogP contribution in [0.5, 0.6) is 0 Å². The van der Waals surface area contributed by atoms with Crippen LogP contribution >= 0.6 is 11.6 Å². The van der Waals surface area contributed by atoms with E-state index in [2.05, 4.69) is 15.1 Å². The highest BCUT2D eigenvalue weighted by Crippen LogP contribution is 2.30. The Bertz CT molecular complexity index is 1260. The van der Waals surface area contributed by atoms with Gasteiger partial charge in [0.2, 0.25) is 20.0 Å². The molecule has 1 fully saturated rings. The molecule has 3 rings (SSSR count). The van der Waals surface area contributed by atoms with E-state index in [9.17, 15) is 30.8 Å². The van der Waals surface area contributed by atoms with Crippen LogP contribution in [-0.4, -0.2) is 37.8 Å². The third-order valence-electron chi connectivity index (χ3n) is 5.13. The standard InChI is InChI=1S/C20H19ClF4N5O3S/c21-16-4-1-5-18(15(16)10-26)34(32,33)30-8-2-3-13(11-30)27-29-28-19(31)14-7-6-12(9-17(14)22)20(23,24)25/h1,4-7,9,13H,2-3,8,10-11,26H2/q+1/t13-/m0/s1. The third kappa shape index (κ3) is 5.68.